The van der Waals surface area contributed by atoms with Gasteiger partial charge in [-0.25, -0.2) is 0 Å². The van der Waals surface area contributed by atoms with Gasteiger partial charge in [0, 0.05) is 37.1 Å². The summed E-state index contributed by atoms with van der Waals surface area (Å²) in [5, 5.41) is 7.48. The van der Waals surface area contributed by atoms with Crippen LogP contribution in [0.5, 0.6) is 11.5 Å². The second-order valence-electron chi connectivity index (χ2n) is 7.61. The normalized spacial score (nSPS) is 16.6. The lowest BCUT2D eigenvalue weighted by atomic mass is 9.87. The second-order valence-corrected chi connectivity index (χ2v) is 7.61. The van der Waals surface area contributed by atoms with E-state index in [9.17, 15) is 4.79 Å². The number of ether oxygens (including phenoxy) is 2. The number of hydrogen-bond donors (Lipinski definition) is 1. The fourth-order valence-corrected chi connectivity index (χ4v) is 4.13. The van der Waals surface area contributed by atoms with Gasteiger partial charge in [-0.3, -0.25) is 9.48 Å². The molecule has 1 aromatic heterocycles. The number of benzene rings is 2. The van der Waals surface area contributed by atoms with Crippen molar-refractivity contribution in [2.75, 3.05) is 18.5 Å². The first-order valence-electron chi connectivity index (χ1n) is 10.0. The van der Waals surface area contributed by atoms with Gasteiger partial charge in [0.2, 0.25) is 5.91 Å². The van der Waals surface area contributed by atoms with Crippen LogP contribution in [-0.4, -0.2) is 28.9 Å². The molecule has 0 spiro atoms. The van der Waals surface area contributed by atoms with E-state index in [2.05, 4.69) is 10.4 Å². The van der Waals surface area contributed by atoms with E-state index in [-0.39, 0.29) is 5.91 Å². The summed E-state index contributed by atoms with van der Waals surface area (Å²) in [4.78, 5) is 13.3. The molecule has 2 aliphatic heterocycles. The number of nitrogens with zero attached hydrogens (tertiary/aromatic N) is 2. The van der Waals surface area contributed by atoms with Gasteiger partial charge in [0.25, 0.3) is 0 Å². The number of para-hydroxylation sites is 2. The highest BCUT2D eigenvalue weighted by Crippen LogP contribution is 2.44. The number of nitrogens with one attached hydrogen (secondary N) is 1. The summed E-state index contributed by atoms with van der Waals surface area (Å²) in [6.45, 7) is 2.48. The zero-order chi connectivity index (χ0) is 19.6. The molecule has 0 unspecified atom stereocenters. The summed E-state index contributed by atoms with van der Waals surface area (Å²) in [7, 11) is 0. The van der Waals surface area contributed by atoms with Gasteiger partial charge in [0.1, 0.15) is 11.5 Å². The number of fused-ring (bicyclic) bond motifs is 2. The first-order chi connectivity index (χ1) is 14.3. The van der Waals surface area contributed by atoms with Crippen LogP contribution in [-0.2, 0) is 16.1 Å². The van der Waals surface area contributed by atoms with Crippen molar-refractivity contribution in [3.8, 4) is 11.5 Å². The van der Waals surface area contributed by atoms with Gasteiger partial charge in [0.05, 0.1) is 17.8 Å². The third kappa shape index (κ3) is 3.63. The number of carbonyl (C=O) groups excluding carboxylic acids is 1. The van der Waals surface area contributed by atoms with Gasteiger partial charge >= 0.3 is 0 Å². The van der Waals surface area contributed by atoms with Crippen LogP contribution in [0, 0.1) is 5.92 Å². The van der Waals surface area contributed by atoms with Crippen molar-refractivity contribution < 1.29 is 14.3 Å². The van der Waals surface area contributed by atoms with Crippen LogP contribution in [0.2, 0.25) is 0 Å². The fraction of sp³-hybridized carbons (Fsp3) is 0.304. The summed E-state index contributed by atoms with van der Waals surface area (Å²) in [6, 6.07) is 15.4. The topological polar surface area (TPSA) is 65.4 Å². The highest BCUT2D eigenvalue weighted by molar-refractivity contribution is 5.99. The molecule has 1 fully saturated rings. The lowest BCUT2D eigenvalue weighted by Crippen LogP contribution is -2.25. The molecule has 3 aromatic rings. The maximum atomic E-state index is 13.3. The minimum Gasteiger partial charge on any atom is -0.457 e. The molecule has 1 amide bonds. The number of rotatable bonds is 4. The molecule has 6 nitrogen and oxygen atoms in total. The molecule has 0 aliphatic carbocycles. The Morgan fingerprint density at radius 2 is 1.69 bits per heavy atom. The Morgan fingerprint density at radius 3 is 2.38 bits per heavy atom. The molecule has 148 valence electrons. The Labute approximate surface area is 169 Å². The maximum Gasteiger partial charge on any atom is 0.236 e. The predicted molar refractivity (Wildman–Crippen MR) is 109 cm³/mol. The zero-order valence-corrected chi connectivity index (χ0v) is 16.1. The molecule has 1 saturated heterocycles. The van der Waals surface area contributed by atoms with Crippen molar-refractivity contribution >= 4 is 11.6 Å². The van der Waals surface area contributed by atoms with E-state index in [4.69, 9.17) is 9.47 Å². The molecule has 3 heterocycles. The predicted octanol–water partition coefficient (Wildman–Crippen LogP) is 4.19. The molecule has 5 rings (SSSR count). The highest BCUT2D eigenvalue weighted by atomic mass is 16.5. The van der Waals surface area contributed by atoms with Crippen LogP contribution in [0.15, 0.2) is 60.9 Å². The lowest BCUT2D eigenvalue weighted by molar-refractivity contribution is -0.116. The van der Waals surface area contributed by atoms with Crippen molar-refractivity contribution in [1.29, 1.82) is 0 Å². The zero-order valence-electron chi connectivity index (χ0n) is 16.1. The third-order valence-corrected chi connectivity index (χ3v) is 5.63. The van der Waals surface area contributed by atoms with Gasteiger partial charge < -0.3 is 14.8 Å². The Hall–Kier alpha value is -3.12. The molecule has 2 aromatic carbocycles. The van der Waals surface area contributed by atoms with E-state index in [0.717, 1.165) is 55.2 Å². The smallest absolute Gasteiger partial charge is 0.236 e. The second kappa shape index (κ2) is 7.72. The lowest BCUT2D eigenvalue weighted by Gasteiger charge is -2.27. The molecule has 6 heteroatoms. The summed E-state index contributed by atoms with van der Waals surface area (Å²) in [6.07, 6.45) is 5.73. The Balaban J connectivity index is 1.36. The van der Waals surface area contributed by atoms with Crippen molar-refractivity contribution in [3.05, 3.63) is 72.1 Å². The average molecular weight is 389 g/mol. The van der Waals surface area contributed by atoms with Crippen molar-refractivity contribution in [2.45, 2.75) is 25.3 Å². The number of hydrogen-bond acceptors (Lipinski definition) is 4. The number of amides is 1. The molecule has 1 N–H and O–H groups in total. The third-order valence-electron chi connectivity index (χ3n) is 5.63. The average Bonchev–Trinajstić information content (AvgIpc) is 3.19. The van der Waals surface area contributed by atoms with Gasteiger partial charge in [0.15, 0.2) is 0 Å². The minimum atomic E-state index is -0.421. The van der Waals surface area contributed by atoms with Crippen LogP contribution in [0.3, 0.4) is 0 Å². The molecule has 2 aliphatic rings. The van der Waals surface area contributed by atoms with Crippen LogP contribution in [0.1, 0.15) is 29.9 Å². The Morgan fingerprint density at radius 1 is 1.03 bits per heavy atom. The summed E-state index contributed by atoms with van der Waals surface area (Å²) in [5.41, 5.74) is 2.46. The molecule has 29 heavy (non-hydrogen) atoms. The van der Waals surface area contributed by atoms with Crippen molar-refractivity contribution in [3.63, 3.8) is 0 Å². The molecule has 0 bridgehead atoms. The SMILES string of the molecule is O=C(Nc1cnn(CC2CCOCC2)c1)C1c2ccccc2Oc2ccccc21. The number of carbonyl (C=O) groups is 1. The highest BCUT2D eigenvalue weighted by Gasteiger charge is 2.32. The molecule has 0 atom stereocenters. The van der Waals surface area contributed by atoms with E-state index in [0.29, 0.717) is 11.6 Å². The standard InChI is InChI=1S/C23H23N3O3/c27-23(25-17-13-24-26(15-17)14-16-9-11-28-12-10-16)22-18-5-1-3-7-20(18)29-21-8-4-2-6-19(21)22/h1-8,13,15-16,22H,9-12,14H2,(H,25,27). The molecular weight excluding hydrogens is 366 g/mol. The number of anilines is 1. The fourth-order valence-electron chi connectivity index (χ4n) is 4.13. The maximum absolute atomic E-state index is 13.3. The first kappa shape index (κ1) is 17.9. The molecular formula is C23H23N3O3. The van der Waals surface area contributed by atoms with Crippen molar-refractivity contribution in [1.82, 2.24) is 9.78 Å². The van der Waals surface area contributed by atoms with Crippen molar-refractivity contribution in [2.24, 2.45) is 5.92 Å². The summed E-state index contributed by atoms with van der Waals surface area (Å²) < 4.78 is 13.3. The van der Waals surface area contributed by atoms with E-state index in [1.165, 1.54) is 0 Å². The summed E-state index contributed by atoms with van der Waals surface area (Å²) >= 11 is 0. The van der Waals surface area contributed by atoms with Crippen LogP contribution in [0.25, 0.3) is 0 Å². The minimum absolute atomic E-state index is 0.0844. The quantitative estimate of drug-likeness (QED) is 0.727. The summed E-state index contributed by atoms with van der Waals surface area (Å²) in [5.74, 6) is 1.51. The van der Waals surface area contributed by atoms with E-state index in [1.807, 2.05) is 59.4 Å². The number of aromatic nitrogens is 2. The van der Waals surface area contributed by atoms with Crippen LogP contribution in [0.4, 0.5) is 5.69 Å². The van der Waals surface area contributed by atoms with Crippen LogP contribution >= 0.6 is 0 Å². The van der Waals surface area contributed by atoms with Crippen LogP contribution < -0.4 is 10.1 Å². The molecule has 0 saturated carbocycles. The first-order valence-corrected chi connectivity index (χ1v) is 10.0. The van der Waals surface area contributed by atoms with Gasteiger partial charge in [-0.15, -0.1) is 0 Å². The monoisotopic (exact) mass is 389 g/mol. The van der Waals surface area contributed by atoms with E-state index >= 15 is 0 Å². The largest absolute Gasteiger partial charge is 0.457 e. The van der Waals surface area contributed by atoms with Gasteiger partial charge in [-0.2, -0.15) is 5.10 Å². The van der Waals surface area contributed by atoms with E-state index < -0.39 is 5.92 Å². The van der Waals surface area contributed by atoms with Gasteiger partial charge in [-0.05, 0) is 30.9 Å². The Bertz CT molecular complexity index is 978. The Kier molecular flexibility index (Phi) is 4.77. The van der Waals surface area contributed by atoms with Gasteiger partial charge in [-0.1, -0.05) is 36.4 Å². The molecule has 0 radical (unpaired) electrons. The van der Waals surface area contributed by atoms with E-state index in [1.54, 1.807) is 6.20 Å².